The van der Waals surface area contributed by atoms with E-state index in [0.717, 1.165) is 33.8 Å². The highest BCUT2D eigenvalue weighted by molar-refractivity contribution is 6.30. The fourth-order valence-corrected chi connectivity index (χ4v) is 3.52. The van der Waals surface area contributed by atoms with Crippen molar-refractivity contribution in [2.75, 3.05) is 5.32 Å². The first-order chi connectivity index (χ1) is 13.8. The first kappa shape index (κ1) is 20.4. The van der Waals surface area contributed by atoms with Crippen molar-refractivity contribution in [3.05, 3.63) is 87.2 Å². The molecule has 0 aliphatic carbocycles. The number of halogens is 1. The number of hydrogen-bond donors (Lipinski definition) is 1. The van der Waals surface area contributed by atoms with Crippen LogP contribution in [-0.2, 0) is 4.79 Å². The van der Waals surface area contributed by atoms with Crippen molar-refractivity contribution in [1.29, 1.82) is 5.26 Å². The topological polar surface area (TPSA) is 57.8 Å². The maximum absolute atomic E-state index is 12.6. The van der Waals surface area contributed by atoms with Crippen molar-refractivity contribution in [1.82, 2.24) is 4.57 Å². The van der Waals surface area contributed by atoms with Gasteiger partial charge in [-0.2, -0.15) is 5.26 Å². The molecule has 0 spiro atoms. The lowest BCUT2D eigenvalue weighted by atomic mass is 10.1. The molecule has 0 fully saturated rings. The van der Waals surface area contributed by atoms with Gasteiger partial charge in [-0.15, -0.1) is 0 Å². The molecule has 0 aliphatic heterocycles. The van der Waals surface area contributed by atoms with Crippen molar-refractivity contribution in [2.24, 2.45) is 0 Å². The van der Waals surface area contributed by atoms with Crippen molar-refractivity contribution in [3.8, 4) is 11.8 Å². The van der Waals surface area contributed by atoms with E-state index in [0.29, 0.717) is 10.7 Å². The van der Waals surface area contributed by atoms with Gasteiger partial charge in [0.25, 0.3) is 5.91 Å². The summed E-state index contributed by atoms with van der Waals surface area (Å²) in [6.45, 7) is 7.93. The average molecular weight is 404 g/mol. The lowest BCUT2D eigenvalue weighted by Crippen LogP contribution is -2.13. The number of hydrogen-bond acceptors (Lipinski definition) is 2. The summed E-state index contributed by atoms with van der Waals surface area (Å²) in [6.07, 6.45) is 1.63. The Hall–Kier alpha value is -3.29. The largest absolute Gasteiger partial charge is 0.321 e. The Labute approximate surface area is 176 Å². The lowest BCUT2D eigenvalue weighted by molar-refractivity contribution is -0.112. The van der Waals surface area contributed by atoms with Gasteiger partial charge in [0.1, 0.15) is 11.6 Å². The van der Waals surface area contributed by atoms with Crippen LogP contribution in [0.2, 0.25) is 5.02 Å². The van der Waals surface area contributed by atoms with Crippen LogP contribution in [0.4, 0.5) is 5.69 Å². The molecule has 1 amide bonds. The van der Waals surface area contributed by atoms with E-state index in [-0.39, 0.29) is 5.57 Å². The Morgan fingerprint density at radius 3 is 2.55 bits per heavy atom. The highest BCUT2D eigenvalue weighted by Crippen LogP contribution is 2.27. The second-order valence-corrected chi connectivity index (χ2v) is 7.52. The van der Waals surface area contributed by atoms with Gasteiger partial charge < -0.3 is 9.88 Å². The second-order valence-electron chi connectivity index (χ2n) is 7.09. The van der Waals surface area contributed by atoms with Crippen molar-refractivity contribution in [2.45, 2.75) is 27.7 Å². The van der Waals surface area contributed by atoms with Crippen molar-refractivity contribution >= 4 is 29.3 Å². The zero-order valence-corrected chi connectivity index (χ0v) is 17.6. The third-order valence-electron chi connectivity index (χ3n) is 4.82. The molecule has 0 saturated carbocycles. The molecule has 1 N–H and O–H groups in total. The molecule has 2 aromatic carbocycles. The van der Waals surface area contributed by atoms with E-state index in [9.17, 15) is 10.1 Å². The zero-order chi connectivity index (χ0) is 21.1. The van der Waals surface area contributed by atoms with Crippen LogP contribution in [0.3, 0.4) is 0 Å². The summed E-state index contributed by atoms with van der Waals surface area (Å²) in [4.78, 5) is 12.6. The van der Waals surface area contributed by atoms with Gasteiger partial charge in [0.05, 0.1) is 0 Å². The molecular formula is C24H22ClN3O. The maximum Gasteiger partial charge on any atom is 0.266 e. The molecule has 0 atom stereocenters. The number of carbonyl (C=O) groups is 1. The third kappa shape index (κ3) is 4.42. The fourth-order valence-electron chi connectivity index (χ4n) is 3.35. The molecule has 4 nitrogen and oxygen atoms in total. The summed E-state index contributed by atoms with van der Waals surface area (Å²) in [6, 6.07) is 17.2. The highest BCUT2D eigenvalue weighted by atomic mass is 35.5. The van der Waals surface area contributed by atoms with Crippen LogP contribution in [-0.4, -0.2) is 10.5 Å². The van der Waals surface area contributed by atoms with Crippen LogP contribution in [0, 0.1) is 39.0 Å². The summed E-state index contributed by atoms with van der Waals surface area (Å²) >= 11 is 6.19. The Bertz CT molecular complexity index is 1170. The van der Waals surface area contributed by atoms with E-state index in [1.165, 1.54) is 0 Å². The predicted octanol–water partition coefficient (Wildman–Crippen LogP) is 5.91. The number of benzene rings is 2. The molecule has 0 bridgehead atoms. The van der Waals surface area contributed by atoms with Crippen molar-refractivity contribution < 1.29 is 4.79 Å². The molecule has 1 aromatic heterocycles. The normalized spacial score (nSPS) is 11.2. The number of rotatable bonds is 4. The Morgan fingerprint density at radius 2 is 1.86 bits per heavy atom. The molecular weight excluding hydrogens is 382 g/mol. The minimum atomic E-state index is -0.429. The van der Waals surface area contributed by atoms with Gasteiger partial charge in [0.15, 0.2) is 0 Å². The number of amides is 1. The molecule has 0 unspecified atom stereocenters. The molecule has 0 saturated heterocycles. The Balaban J connectivity index is 1.98. The van der Waals surface area contributed by atoms with E-state index in [2.05, 4.69) is 9.88 Å². The summed E-state index contributed by atoms with van der Waals surface area (Å²) in [5.41, 5.74) is 6.56. The smallest absolute Gasteiger partial charge is 0.266 e. The number of nitriles is 1. The Morgan fingerprint density at radius 1 is 1.10 bits per heavy atom. The summed E-state index contributed by atoms with van der Waals surface area (Å²) < 4.78 is 2.08. The van der Waals surface area contributed by atoms with Gasteiger partial charge in [-0.25, -0.2) is 0 Å². The predicted molar refractivity (Wildman–Crippen MR) is 118 cm³/mol. The zero-order valence-electron chi connectivity index (χ0n) is 16.9. The van der Waals surface area contributed by atoms with Gasteiger partial charge in [-0.3, -0.25) is 4.79 Å². The second kappa shape index (κ2) is 8.38. The quantitative estimate of drug-likeness (QED) is 0.434. The number of nitrogens with one attached hydrogen (secondary N) is 1. The first-order valence-electron chi connectivity index (χ1n) is 9.25. The molecule has 146 valence electrons. The van der Waals surface area contributed by atoms with Gasteiger partial charge in [-0.1, -0.05) is 29.8 Å². The molecule has 5 heteroatoms. The third-order valence-corrected chi connectivity index (χ3v) is 5.06. The highest BCUT2D eigenvalue weighted by Gasteiger charge is 2.15. The minimum Gasteiger partial charge on any atom is -0.321 e. The van der Waals surface area contributed by atoms with Gasteiger partial charge in [0.2, 0.25) is 0 Å². The molecule has 0 radical (unpaired) electrons. The molecule has 1 heterocycles. The standard InChI is InChI=1S/C24H22ClN3O/c1-15-6-5-7-22(10-15)27-24(29)20(14-26)12-19-11-17(3)28(18(19)4)23-13-21(25)9-8-16(23)2/h5-13H,1-4H3,(H,27,29)/b20-12-. The number of nitrogens with zero attached hydrogens (tertiary/aromatic N) is 2. The van der Waals surface area contributed by atoms with Crippen LogP contribution in [0.25, 0.3) is 11.8 Å². The van der Waals surface area contributed by atoms with Crippen LogP contribution >= 0.6 is 11.6 Å². The van der Waals surface area contributed by atoms with E-state index < -0.39 is 5.91 Å². The van der Waals surface area contributed by atoms with Crippen molar-refractivity contribution in [3.63, 3.8) is 0 Å². The maximum atomic E-state index is 12.6. The SMILES string of the molecule is Cc1cccc(NC(=O)/C(C#N)=C\c2cc(C)n(-c3cc(Cl)ccc3C)c2C)c1. The van der Waals surface area contributed by atoms with Crippen LogP contribution in [0.15, 0.2) is 54.1 Å². The van der Waals surface area contributed by atoms with Gasteiger partial charge >= 0.3 is 0 Å². The fraction of sp³-hybridized carbons (Fsp3) is 0.167. The summed E-state index contributed by atoms with van der Waals surface area (Å²) in [5.74, 6) is -0.429. The number of carbonyl (C=O) groups excluding carboxylic acids is 1. The molecule has 3 aromatic rings. The van der Waals surface area contributed by atoms with Crippen LogP contribution < -0.4 is 5.32 Å². The molecule has 0 aliphatic rings. The number of aromatic nitrogens is 1. The monoisotopic (exact) mass is 403 g/mol. The van der Waals surface area contributed by atoms with E-state index >= 15 is 0 Å². The minimum absolute atomic E-state index is 0.0505. The molecule has 3 rings (SSSR count). The van der Waals surface area contributed by atoms with E-state index in [1.54, 1.807) is 12.1 Å². The number of aryl methyl sites for hydroxylation is 3. The van der Waals surface area contributed by atoms with E-state index in [1.807, 2.05) is 76.2 Å². The van der Waals surface area contributed by atoms with Gasteiger partial charge in [0, 0.05) is 27.8 Å². The lowest BCUT2D eigenvalue weighted by Gasteiger charge is -2.13. The van der Waals surface area contributed by atoms with Crippen LogP contribution in [0.1, 0.15) is 28.1 Å². The summed E-state index contributed by atoms with van der Waals surface area (Å²) in [5, 5.41) is 13.0. The van der Waals surface area contributed by atoms with E-state index in [4.69, 9.17) is 11.6 Å². The van der Waals surface area contributed by atoms with Gasteiger partial charge in [-0.05, 0) is 80.8 Å². The average Bonchev–Trinajstić information content (AvgIpc) is 2.95. The van der Waals surface area contributed by atoms with Crippen LogP contribution in [0.5, 0.6) is 0 Å². The number of anilines is 1. The Kier molecular flexibility index (Phi) is 5.91. The first-order valence-corrected chi connectivity index (χ1v) is 9.63. The molecule has 29 heavy (non-hydrogen) atoms. The summed E-state index contributed by atoms with van der Waals surface area (Å²) in [7, 11) is 0.